The second-order valence-electron chi connectivity index (χ2n) is 3.71. The largest absolute Gasteiger partial charge is 0.369 e. The Kier molecular flexibility index (Phi) is 2.27. The first-order valence-corrected chi connectivity index (χ1v) is 5.79. The summed E-state index contributed by atoms with van der Waals surface area (Å²) in [7, 11) is 0. The molecule has 0 bridgehead atoms. The number of H-pyrrole nitrogens is 1. The second-order valence-corrected chi connectivity index (χ2v) is 4.50. The van der Waals surface area contributed by atoms with Crippen LogP contribution in [0.5, 0.6) is 0 Å². The molecule has 0 aliphatic carbocycles. The van der Waals surface area contributed by atoms with E-state index >= 15 is 0 Å². The molecule has 17 heavy (non-hydrogen) atoms. The van der Waals surface area contributed by atoms with Crippen LogP contribution in [0.15, 0.2) is 29.0 Å². The lowest BCUT2D eigenvalue weighted by Gasteiger charge is -2.06. The lowest BCUT2D eigenvalue weighted by Crippen LogP contribution is -2.27. The summed E-state index contributed by atoms with van der Waals surface area (Å²) >= 11 is 3.19. The van der Waals surface area contributed by atoms with Crippen LogP contribution in [0.4, 0.5) is 0 Å². The van der Waals surface area contributed by atoms with Gasteiger partial charge in [-0.2, -0.15) is 0 Å². The molecular formula is C11H8BrN3O2. The van der Waals surface area contributed by atoms with Crippen molar-refractivity contribution in [3.8, 4) is 0 Å². The number of pyridine rings is 1. The normalized spacial score (nSPS) is 20.1. The molecule has 0 saturated heterocycles. The summed E-state index contributed by atoms with van der Waals surface area (Å²) in [5.74, 6) is -0.314. The Labute approximate surface area is 105 Å². The van der Waals surface area contributed by atoms with E-state index < -0.39 is 6.23 Å². The van der Waals surface area contributed by atoms with Gasteiger partial charge in [-0.3, -0.25) is 4.79 Å². The van der Waals surface area contributed by atoms with Crippen molar-refractivity contribution < 1.29 is 9.90 Å². The molecule has 2 aromatic rings. The standard InChI is InChI=1S/C11H8BrN3O2/c12-8-7(10(16)15-11(8)17)6-4-14-9-5(6)2-1-3-13-9/h1-4,10,16H,(H,13,14)(H,15,17). The van der Waals surface area contributed by atoms with Gasteiger partial charge in [0, 0.05) is 28.9 Å². The topological polar surface area (TPSA) is 78.0 Å². The number of aromatic nitrogens is 2. The van der Waals surface area contributed by atoms with E-state index in [1.54, 1.807) is 12.4 Å². The van der Waals surface area contributed by atoms with Gasteiger partial charge in [0.1, 0.15) is 5.65 Å². The third-order valence-corrected chi connectivity index (χ3v) is 3.51. The van der Waals surface area contributed by atoms with Crippen molar-refractivity contribution in [1.82, 2.24) is 15.3 Å². The maximum Gasteiger partial charge on any atom is 0.261 e. The third kappa shape index (κ3) is 1.49. The zero-order valence-corrected chi connectivity index (χ0v) is 10.2. The Morgan fingerprint density at radius 2 is 2.29 bits per heavy atom. The fourth-order valence-electron chi connectivity index (χ4n) is 1.95. The number of amides is 1. The number of fused-ring (bicyclic) bond motifs is 1. The van der Waals surface area contributed by atoms with Crippen molar-refractivity contribution in [1.29, 1.82) is 0 Å². The average Bonchev–Trinajstić information content (AvgIpc) is 2.82. The van der Waals surface area contributed by atoms with Gasteiger partial charge in [0.2, 0.25) is 0 Å². The van der Waals surface area contributed by atoms with Crippen molar-refractivity contribution in [3.05, 3.63) is 34.6 Å². The minimum atomic E-state index is -0.990. The first-order valence-electron chi connectivity index (χ1n) is 4.99. The molecule has 0 saturated carbocycles. The van der Waals surface area contributed by atoms with Crippen molar-refractivity contribution in [2.45, 2.75) is 6.23 Å². The van der Waals surface area contributed by atoms with Gasteiger partial charge in [-0.15, -0.1) is 0 Å². The number of carbonyl (C=O) groups is 1. The van der Waals surface area contributed by atoms with E-state index in [-0.39, 0.29) is 5.91 Å². The highest BCUT2D eigenvalue weighted by molar-refractivity contribution is 9.12. The lowest BCUT2D eigenvalue weighted by atomic mass is 10.1. The summed E-state index contributed by atoms with van der Waals surface area (Å²) in [5, 5.41) is 13.1. The number of nitrogens with zero attached hydrogens (tertiary/aromatic N) is 1. The van der Waals surface area contributed by atoms with Crippen molar-refractivity contribution in [2.75, 3.05) is 0 Å². The van der Waals surface area contributed by atoms with Gasteiger partial charge in [-0.1, -0.05) is 0 Å². The summed E-state index contributed by atoms with van der Waals surface area (Å²) < 4.78 is 0.356. The molecule has 1 aliphatic rings. The van der Waals surface area contributed by atoms with Gasteiger partial charge in [0.15, 0.2) is 6.23 Å². The van der Waals surface area contributed by atoms with Gasteiger partial charge in [0.05, 0.1) is 4.48 Å². The van der Waals surface area contributed by atoms with Crippen molar-refractivity contribution in [2.24, 2.45) is 0 Å². The highest BCUT2D eigenvalue weighted by Crippen LogP contribution is 2.33. The Bertz CT molecular complexity index is 647. The number of aromatic amines is 1. The van der Waals surface area contributed by atoms with E-state index in [9.17, 15) is 9.90 Å². The summed E-state index contributed by atoms with van der Waals surface area (Å²) in [6.07, 6.45) is 2.43. The Morgan fingerprint density at radius 1 is 1.47 bits per heavy atom. The minimum Gasteiger partial charge on any atom is -0.369 e. The monoisotopic (exact) mass is 293 g/mol. The molecule has 1 unspecified atom stereocenters. The number of hydrogen-bond acceptors (Lipinski definition) is 3. The summed E-state index contributed by atoms with van der Waals surface area (Å²) in [6, 6.07) is 3.70. The number of rotatable bonds is 1. The van der Waals surface area contributed by atoms with E-state index in [2.05, 4.69) is 31.2 Å². The number of hydrogen-bond donors (Lipinski definition) is 3. The van der Waals surface area contributed by atoms with Crippen molar-refractivity contribution >= 4 is 38.4 Å². The molecule has 6 heteroatoms. The SMILES string of the molecule is O=C1NC(O)C(c2c[nH]c3ncccc23)=C1Br. The maximum absolute atomic E-state index is 11.4. The minimum absolute atomic E-state index is 0.314. The number of carbonyl (C=O) groups excluding carboxylic acids is 1. The fourth-order valence-corrected chi connectivity index (χ4v) is 2.49. The average molecular weight is 294 g/mol. The van der Waals surface area contributed by atoms with Crippen LogP contribution in [0.3, 0.4) is 0 Å². The molecule has 2 aromatic heterocycles. The number of halogens is 1. The number of aliphatic hydroxyl groups is 1. The third-order valence-electron chi connectivity index (χ3n) is 2.72. The number of nitrogens with one attached hydrogen (secondary N) is 2. The molecule has 5 nitrogen and oxygen atoms in total. The van der Waals surface area contributed by atoms with Gasteiger partial charge >= 0.3 is 0 Å². The van der Waals surface area contributed by atoms with E-state index in [1.165, 1.54) is 0 Å². The van der Waals surface area contributed by atoms with Crippen LogP contribution in [-0.4, -0.2) is 27.2 Å². The molecule has 3 N–H and O–H groups in total. The number of aliphatic hydroxyl groups excluding tert-OH is 1. The van der Waals surface area contributed by atoms with Crippen LogP contribution in [0, 0.1) is 0 Å². The van der Waals surface area contributed by atoms with Crippen LogP contribution < -0.4 is 5.32 Å². The van der Waals surface area contributed by atoms with Gasteiger partial charge in [-0.05, 0) is 28.1 Å². The quantitative estimate of drug-likeness (QED) is 0.737. The van der Waals surface area contributed by atoms with Crippen LogP contribution in [0.1, 0.15) is 5.56 Å². The molecule has 0 aromatic carbocycles. The van der Waals surface area contributed by atoms with Crippen LogP contribution in [0.2, 0.25) is 0 Å². The zero-order valence-electron chi connectivity index (χ0n) is 8.57. The predicted molar refractivity (Wildman–Crippen MR) is 66.1 cm³/mol. The summed E-state index contributed by atoms with van der Waals surface area (Å²) in [6.45, 7) is 0. The van der Waals surface area contributed by atoms with E-state index in [0.717, 1.165) is 16.6 Å². The van der Waals surface area contributed by atoms with Gasteiger partial charge in [-0.25, -0.2) is 4.98 Å². The van der Waals surface area contributed by atoms with Crippen molar-refractivity contribution in [3.63, 3.8) is 0 Å². The maximum atomic E-state index is 11.4. The molecule has 1 atom stereocenters. The van der Waals surface area contributed by atoms with E-state index in [0.29, 0.717) is 10.1 Å². The molecular weight excluding hydrogens is 286 g/mol. The first kappa shape index (κ1) is 10.5. The molecule has 3 heterocycles. The Balaban J connectivity index is 2.26. The van der Waals surface area contributed by atoms with E-state index in [4.69, 9.17) is 0 Å². The highest BCUT2D eigenvalue weighted by atomic mass is 79.9. The fraction of sp³-hybridized carbons (Fsp3) is 0.0909. The smallest absolute Gasteiger partial charge is 0.261 e. The Hall–Kier alpha value is -1.66. The van der Waals surface area contributed by atoms with Crippen LogP contribution >= 0.6 is 15.9 Å². The van der Waals surface area contributed by atoms with Gasteiger partial charge < -0.3 is 15.4 Å². The molecule has 1 amide bonds. The van der Waals surface area contributed by atoms with Gasteiger partial charge in [0.25, 0.3) is 5.91 Å². The summed E-state index contributed by atoms with van der Waals surface area (Å²) in [4.78, 5) is 18.6. The molecule has 0 spiro atoms. The molecule has 3 rings (SSSR count). The van der Waals surface area contributed by atoms with Crippen LogP contribution in [0.25, 0.3) is 16.6 Å². The molecule has 86 valence electrons. The summed E-state index contributed by atoms with van der Waals surface area (Å²) in [5.41, 5.74) is 2.03. The molecule has 0 radical (unpaired) electrons. The molecule has 1 aliphatic heterocycles. The van der Waals surface area contributed by atoms with E-state index in [1.807, 2.05) is 12.1 Å². The highest BCUT2D eigenvalue weighted by Gasteiger charge is 2.30. The lowest BCUT2D eigenvalue weighted by molar-refractivity contribution is -0.117. The zero-order chi connectivity index (χ0) is 12.0. The van der Waals surface area contributed by atoms with Crippen LogP contribution in [-0.2, 0) is 4.79 Å². The predicted octanol–water partition coefficient (Wildman–Crippen LogP) is 1.12. The Morgan fingerprint density at radius 3 is 3.00 bits per heavy atom. The second kappa shape index (κ2) is 3.68. The first-order chi connectivity index (χ1) is 8.18. The molecule has 0 fully saturated rings.